The maximum absolute atomic E-state index is 12.8. The SMILES string of the molecule is Cc1cc(OCC2COC2)cc(C(O)Nc2ccc(F)cn2)n1. The molecular weight excluding hydrogens is 301 g/mol. The summed E-state index contributed by atoms with van der Waals surface area (Å²) in [5.41, 5.74) is 1.14. The number of hydrogen-bond acceptors (Lipinski definition) is 6. The van der Waals surface area contributed by atoms with E-state index in [9.17, 15) is 9.50 Å². The molecule has 7 heteroatoms. The van der Waals surface area contributed by atoms with Gasteiger partial charge in [-0.2, -0.15) is 0 Å². The molecule has 122 valence electrons. The Morgan fingerprint density at radius 1 is 1.43 bits per heavy atom. The van der Waals surface area contributed by atoms with Crippen molar-refractivity contribution in [3.8, 4) is 5.75 Å². The molecule has 3 heterocycles. The molecule has 6 nitrogen and oxygen atoms in total. The summed E-state index contributed by atoms with van der Waals surface area (Å²) in [6.45, 7) is 3.84. The molecule has 1 aliphatic heterocycles. The standard InChI is InChI=1S/C16H18FN3O3/c1-10-4-13(23-9-11-7-22-8-11)5-14(19-10)16(21)20-15-3-2-12(17)6-18-15/h2-6,11,16,21H,7-9H2,1H3,(H,18,20). The lowest BCUT2D eigenvalue weighted by Gasteiger charge is -2.26. The molecule has 0 aliphatic carbocycles. The summed E-state index contributed by atoms with van der Waals surface area (Å²) in [4.78, 5) is 8.14. The molecule has 1 atom stereocenters. The first-order valence-corrected chi connectivity index (χ1v) is 7.35. The van der Waals surface area contributed by atoms with Crippen molar-refractivity contribution >= 4 is 5.82 Å². The Morgan fingerprint density at radius 2 is 2.26 bits per heavy atom. The normalized spacial score (nSPS) is 15.8. The van der Waals surface area contributed by atoms with E-state index in [4.69, 9.17) is 9.47 Å². The van der Waals surface area contributed by atoms with Crippen LogP contribution in [0.25, 0.3) is 0 Å². The zero-order chi connectivity index (χ0) is 16.2. The highest BCUT2D eigenvalue weighted by molar-refractivity contribution is 5.37. The van der Waals surface area contributed by atoms with Crippen LogP contribution in [0.1, 0.15) is 17.6 Å². The maximum atomic E-state index is 12.8. The quantitative estimate of drug-likeness (QED) is 0.794. The summed E-state index contributed by atoms with van der Waals surface area (Å²) < 4.78 is 23.7. The number of nitrogens with zero attached hydrogens (tertiary/aromatic N) is 2. The molecular formula is C16H18FN3O3. The number of aliphatic hydroxyl groups excluding tert-OH is 1. The first kappa shape index (κ1) is 15.6. The van der Waals surface area contributed by atoms with Gasteiger partial charge in [0.25, 0.3) is 0 Å². The average Bonchev–Trinajstić information content (AvgIpc) is 2.47. The molecule has 0 amide bonds. The highest BCUT2D eigenvalue weighted by Crippen LogP contribution is 2.22. The number of aryl methyl sites for hydroxylation is 1. The van der Waals surface area contributed by atoms with Gasteiger partial charge in [0.05, 0.1) is 31.7 Å². The summed E-state index contributed by atoms with van der Waals surface area (Å²) in [7, 11) is 0. The van der Waals surface area contributed by atoms with Gasteiger partial charge in [-0.15, -0.1) is 0 Å². The van der Waals surface area contributed by atoms with E-state index in [1.165, 1.54) is 12.1 Å². The van der Waals surface area contributed by atoms with E-state index in [1.54, 1.807) is 6.07 Å². The third-order valence-electron chi connectivity index (χ3n) is 3.43. The van der Waals surface area contributed by atoms with Crippen LogP contribution in [0.2, 0.25) is 0 Å². The predicted octanol–water partition coefficient (Wildman–Crippen LogP) is 2.05. The van der Waals surface area contributed by atoms with E-state index >= 15 is 0 Å². The molecule has 0 saturated carbocycles. The highest BCUT2D eigenvalue weighted by Gasteiger charge is 2.19. The largest absolute Gasteiger partial charge is 0.493 e. The van der Waals surface area contributed by atoms with E-state index in [0.29, 0.717) is 29.8 Å². The Hall–Kier alpha value is -2.25. The summed E-state index contributed by atoms with van der Waals surface area (Å²) in [6, 6.07) is 6.20. The van der Waals surface area contributed by atoms with Crippen molar-refractivity contribution in [2.45, 2.75) is 13.2 Å². The van der Waals surface area contributed by atoms with Gasteiger partial charge in [-0.1, -0.05) is 0 Å². The first-order chi connectivity index (χ1) is 11.1. The van der Waals surface area contributed by atoms with Gasteiger partial charge in [-0.3, -0.25) is 4.98 Å². The number of rotatable bonds is 6. The second-order valence-electron chi connectivity index (χ2n) is 5.49. The van der Waals surface area contributed by atoms with Crippen LogP contribution in [0.3, 0.4) is 0 Å². The van der Waals surface area contributed by atoms with Crippen LogP contribution in [0.4, 0.5) is 10.2 Å². The Bertz CT molecular complexity index is 662. The molecule has 2 aromatic heterocycles. The lowest BCUT2D eigenvalue weighted by atomic mass is 10.1. The highest BCUT2D eigenvalue weighted by atomic mass is 19.1. The Kier molecular flexibility index (Phi) is 4.68. The summed E-state index contributed by atoms with van der Waals surface area (Å²) in [5.74, 6) is 0.983. The zero-order valence-corrected chi connectivity index (χ0v) is 12.7. The number of nitrogens with one attached hydrogen (secondary N) is 1. The summed E-state index contributed by atoms with van der Waals surface area (Å²) in [6.07, 6.45) is 0.00997. The molecule has 1 unspecified atom stereocenters. The summed E-state index contributed by atoms with van der Waals surface area (Å²) >= 11 is 0. The van der Waals surface area contributed by atoms with Crippen LogP contribution in [0.5, 0.6) is 5.75 Å². The molecule has 0 bridgehead atoms. The van der Waals surface area contributed by atoms with Crippen LogP contribution in [0.15, 0.2) is 30.5 Å². The van der Waals surface area contributed by atoms with E-state index in [2.05, 4.69) is 15.3 Å². The molecule has 3 rings (SSSR count). The van der Waals surface area contributed by atoms with Crippen molar-refractivity contribution in [2.24, 2.45) is 5.92 Å². The molecule has 1 fully saturated rings. The third-order valence-corrected chi connectivity index (χ3v) is 3.43. The van der Waals surface area contributed by atoms with Crippen LogP contribution < -0.4 is 10.1 Å². The lowest BCUT2D eigenvalue weighted by molar-refractivity contribution is -0.0508. The van der Waals surface area contributed by atoms with Crippen molar-refractivity contribution in [2.75, 3.05) is 25.1 Å². The lowest BCUT2D eigenvalue weighted by Crippen LogP contribution is -2.32. The topological polar surface area (TPSA) is 76.5 Å². The van der Waals surface area contributed by atoms with Gasteiger partial charge in [0.15, 0.2) is 6.23 Å². The molecule has 2 aromatic rings. The third kappa shape index (κ3) is 4.14. The number of hydrogen-bond donors (Lipinski definition) is 2. The van der Waals surface area contributed by atoms with Crippen LogP contribution in [-0.2, 0) is 4.74 Å². The minimum absolute atomic E-state index is 0.358. The number of anilines is 1. The number of ether oxygens (including phenoxy) is 2. The Morgan fingerprint density at radius 3 is 2.91 bits per heavy atom. The predicted molar refractivity (Wildman–Crippen MR) is 81.6 cm³/mol. The van der Waals surface area contributed by atoms with E-state index in [-0.39, 0.29) is 0 Å². The fourth-order valence-corrected chi connectivity index (χ4v) is 2.15. The smallest absolute Gasteiger partial charge is 0.169 e. The van der Waals surface area contributed by atoms with Crippen LogP contribution >= 0.6 is 0 Å². The Labute approximate surface area is 133 Å². The fraction of sp³-hybridized carbons (Fsp3) is 0.375. The molecule has 0 radical (unpaired) electrons. The minimum Gasteiger partial charge on any atom is -0.493 e. The van der Waals surface area contributed by atoms with Gasteiger partial charge in [0.2, 0.25) is 0 Å². The number of aliphatic hydroxyl groups is 1. The monoisotopic (exact) mass is 319 g/mol. The summed E-state index contributed by atoms with van der Waals surface area (Å²) in [5, 5.41) is 13.0. The number of pyridine rings is 2. The molecule has 1 aliphatic rings. The average molecular weight is 319 g/mol. The fourth-order valence-electron chi connectivity index (χ4n) is 2.15. The first-order valence-electron chi connectivity index (χ1n) is 7.35. The number of halogens is 1. The Balaban J connectivity index is 1.67. The second-order valence-corrected chi connectivity index (χ2v) is 5.49. The van der Waals surface area contributed by atoms with Crippen molar-refractivity contribution in [1.82, 2.24) is 9.97 Å². The minimum atomic E-state index is -1.07. The number of aromatic nitrogens is 2. The van der Waals surface area contributed by atoms with Gasteiger partial charge < -0.3 is 19.9 Å². The second kappa shape index (κ2) is 6.89. The van der Waals surface area contributed by atoms with Gasteiger partial charge in [0, 0.05) is 23.7 Å². The van der Waals surface area contributed by atoms with Crippen molar-refractivity contribution in [1.29, 1.82) is 0 Å². The van der Waals surface area contributed by atoms with Gasteiger partial charge in [-0.05, 0) is 19.1 Å². The molecule has 0 aromatic carbocycles. The molecule has 2 N–H and O–H groups in total. The molecule has 1 saturated heterocycles. The van der Waals surface area contributed by atoms with Gasteiger partial charge in [0.1, 0.15) is 17.4 Å². The van der Waals surface area contributed by atoms with Crippen LogP contribution in [0, 0.1) is 18.7 Å². The van der Waals surface area contributed by atoms with Gasteiger partial charge in [-0.25, -0.2) is 9.37 Å². The zero-order valence-electron chi connectivity index (χ0n) is 12.7. The molecule has 23 heavy (non-hydrogen) atoms. The molecule has 0 spiro atoms. The van der Waals surface area contributed by atoms with E-state index in [1.807, 2.05) is 13.0 Å². The van der Waals surface area contributed by atoms with E-state index < -0.39 is 12.0 Å². The van der Waals surface area contributed by atoms with Gasteiger partial charge >= 0.3 is 0 Å². The van der Waals surface area contributed by atoms with Crippen molar-refractivity contribution in [3.63, 3.8) is 0 Å². The van der Waals surface area contributed by atoms with Crippen LogP contribution in [-0.4, -0.2) is 34.9 Å². The van der Waals surface area contributed by atoms with E-state index in [0.717, 1.165) is 25.1 Å². The van der Waals surface area contributed by atoms with Crippen molar-refractivity contribution in [3.05, 3.63) is 47.7 Å². The maximum Gasteiger partial charge on any atom is 0.169 e. The van der Waals surface area contributed by atoms with Crippen molar-refractivity contribution < 1.29 is 19.0 Å².